The lowest BCUT2D eigenvalue weighted by molar-refractivity contribution is 0.803. The molecule has 2 aromatic rings. The normalized spacial score (nSPS) is 9.64. The van der Waals surface area contributed by atoms with Crippen LogP contribution in [0.1, 0.15) is 5.56 Å². The molecule has 0 atom stereocenters. The van der Waals surface area contributed by atoms with Crippen molar-refractivity contribution >= 4 is 5.82 Å². The molecule has 7 nitrogen and oxygen atoms in total. The Hall–Kier alpha value is -2.49. The number of rotatable bonds is 1. The van der Waals surface area contributed by atoms with Crippen LogP contribution in [0.3, 0.4) is 0 Å². The zero-order valence-electron chi connectivity index (χ0n) is 6.99. The number of nitrogen functional groups attached to an aromatic ring is 1. The number of hydrogen-bond acceptors (Lipinski definition) is 6. The Bertz CT molecular complexity index is 480. The van der Waals surface area contributed by atoms with Gasteiger partial charge in [-0.2, -0.15) is 25.0 Å². The first-order valence-electron chi connectivity index (χ1n) is 3.69. The summed E-state index contributed by atoms with van der Waals surface area (Å²) < 4.78 is 1.28. The van der Waals surface area contributed by atoms with Gasteiger partial charge in [-0.1, -0.05) is 0 Å². The van der Waals surface area contributed by atoms with E-state index in [1.54, 1.807) is 0 Å². The fourth-order valence-electron chi connectivity index (χ4n) is 0.946. The first-order valence-corrected chi connectivity index (χ1v) is 3.69. The van der Waals surface area contributed by atoms with Crippen LogP contribution in [0, 0.1) is 11.3 Å². The van der Waals surface area contributed by atoms with Gasteiger partial charge < -0.3 is 5.73 Å². The Morgan fingerprint density at radius 1 is 1.36 bits per heavy atom. The largest absolute Gasteiger partial charge is 0.382 e. The van der Waals surface area contributed by atoms with E-state index in [0.717, 1.165) is 0 Å². The molecule has 0 spiro atoms. The predicted molar refractivity (Wildman–Crippen MR) is 46.1 cm³/mol. The van der Waals surface area contributed by atoms with E-state index in [-0.39, 0.29) is 5.82 Å². The zero-order chi connectivity index (χ0) is 9.97. The molecule has 0 saturated carbocycles. The number of anilines is 1. The summed E-state index contributed by atoms with van der Waals surface area (Å²) in [6.45, 7) is 0. The summed E-state index contributed by atoms with van der Waals surface area (Å²) in [5.41, 5.74) is 5.92. The Labute approximate surface area is 78.9 Å². The molecule has 0 aliphatic rings. The highest BCUT2D eigenvalue weighted by Crippen LogP contribution is 2.11. The van der Waals surface area contributed by atoms with Crippen molar-refractivity contribution in [2.24, 2.45) is 0 Å². The number of nitrogens with zero attached hydrogens (tertiary/aromatic N) is 6. The average Bonchev–Trinajstić information content (AvgIpc) is 2.61. The van der Waals surface area contributed by atoms with Gasteiger partial charge in [0.1, 0.15) is 30.1 Å². The third kappa shape index (κ3) is 1.15. The second-order valence-electron chi connectivity index (χ2n) is 2.41. The topological polar surface area (TPSA) is 106 Å². The van der Waals surface area contributed by atoms with Crippen LogP contribution in [0.15, 0.2) is 18.9 Å². The second-order valence-corrected chi connectivity index (χ2v) is 2.41. The predicted octanol–water partition coefficient (Wildman–Crippen LogP) is -0.489. The Morgan fingerprint density at radius 2 is 2.07 bits per heavy atom. The van der Waals surface area contributed by atoms with Crippen LogP contribution in [0.4, 0.5) is 5.82 Å². The van der Waals surface area contributed by atoms with Crippen LogP contribution in [0.2, 0.25) is 0 Å². The van der Waals surface area contributed by atoms with E-state index < -0.39 is 0 Å². The summed E-state index contributed by atoms with van der Waals surface area (Å²) in [6.07, 6.45) is 4.02. The highest BCUT2D eigenvalue weighted by molar-refractivity contribution is 5.49. The number of hydrogen-bond donors (Lipinski definition) is 1. The van der Waals surface area contributed by atoms with Crippen LogP contribution in [0.5, 0.6) is 0 Å². The lowest BCUT2D eigenvalue weighted by Crippen LogP contribution is -2.06. The molecule has 68 valence electrons. The van der Waals surface area contributed by atoms with Gasteiger partial charge in [0.05, 0.1) is 6.20 Å². The molecule has 7 heteroatoms. The Balaban J connectivity index is 2.54. The van der Waals surface area contributed by atoms with Gasteiger partial charge in [-0.05, 0) is 0 Å². The molecule has 0 bridgehead atoms. The average molecular weight is 187 g/mol. The quantitative estimate of drug-likeness (QED) is 0.645. The SMILES string of the molecule is N#Cc1cnn(-c2ncncn2)c1N. The number of aromatic nitrogens is 5. The van der Waals surface area contributed by atoms with Gasteiger partial charge in [0, 0.05) is 0 Å². The van der Waals surface area contributed by atoms with E-state index >= 15 is 0 Å². The summed E-state index contributed by atoms with van der Waals surface area (Å²) in [5, 5.41) is 12.5. The van der Waals surface area contributed by atoms with E-state index in [2.05, 4.69) is 20.1 Å². The van der Waals surface area contributed by atoms with Gasteiger partial charge in [0.15, 0.2) is 0 Å². The Kier molecular flexibility index (Phi) is 1.80. The molecule has 0 fully saturated rings. The van der Waals surface area contributed by atoms with Gasteiger partial charge in [0.25, 0.3) is 5.95 Å². The molecule has 0 saturated heterocycles. The van der Waals surface area contributed by atoms with Gasteiger partial charge >= 0.3 is 0 Å². The minimum atomic E-state index is 0.221. The van der Waals surface area contributed by atoms with E-state index in [1.165, 1.54) is 23.5 Å². The van der Waals surface area contributed by atoms with Crippen molar-refractivity contribution in [2.75, 3.05) is 5.73 Å². The first-order chi connectivity index (χ1) is 6.83. The minimum Gasteiger partial charge on any atom is -0.382 e. The molecule has 14 heavy (non-hydrogen) atoms. The monoisotopic (exact) mass is 187 g/mol. The highest BCUT2D eigenvalue weighted by Gasteiger charge is 2.09. The van der Waals surface area contributed by atoms with E-state index in [1.807, 2.05) is 6.07 Å². The van der Waals surface area contributed by atoms with Crippen LogP contribution in [-0.4, -0.2) is 24.7 Å². The van der Waals surface area contributed by atoms with E-state index in [0.29, 0.717) is 11.5 Å². The summed E-state index contributed by atoms with van der Waals surface area (Å²) in [4.78, 5) is 11.4. The summed E-state index contributed by atoms with van der Waals surface area (Å²) >= 11 is 0. The van der Waals surface area contributed by atoms with Crippen molar-refractivity contribution in [1.29, 1.82) is 5.26 Å². The third-order valence-corrected chi connectivity index (χ3v) is 1.60. The van der Waals surface area contributed by atoms with E-state index in [4.69, 9.17) is 11.0 Å². The lowest BCUT2D eigenvalue weighted by atomic mass is 10.4. The minimum absolute atomic E-state index is 0.221. The van der Waals surface area contributed by atoms with Crippen molar-refractivity contribution in [3.63, 3.8) is 0 Å². The number of nitrogens with two attached hydrogens (primary N) is 1. The lowest BCUT2D eigenvalue weighted by Gasteiger charge is -1.99. The molecule has 0 amide bonds. The molecular formula is C7H5N7. The molecule has 0 unspecified atom stereocenters. The van der Waals surface area contributed by atoms with Crippen molar-refractivity contribution in [3.8, 4) is 12.0 Å². The van der Waals surface area contributed by atoms with Crippen molar-refractivity contribution in [3.05, 3.63) is 24.4 Å². The molecule has 0 aliphatic carbocycles. The third-order valence-electron chi connectivity index (χ3n) is 1.60. The van der Waals surface area contributed by atoms with Gasteiger partial charge in [0.2, 0.25) is 0 Å². The summed E-state index contributed by atoms with van der Waals surface area (Å²) in [5.74, 6) is 0.512. The number of nitriles is 1. The van der Waals surface area contributed by atoms with Gasteiger partial charge in [-0.15, -0.1) is 0 Å². The molecule has 0 radical (unpaired) electrons. The molecule has 0 aromatic carbocycles. The van der Waals surface area contributed by atoms with Crippen molar-refractivity contribution in [2.45, 2.75) is 0 Å². The van der Waals surface area contributed by atoms with Crippen molar-refractivity contribution < 1.29 is 0 Å². The fourth-order valence-corrected chi connectivity index (χ4v) is 0.946. The van der Waals surface area contributed by atoms with Crippen LogP contribution < -0.4 is 5.73 Å². The summed E-state index contributed by atoms with van der Waals surface area (Å²) in [7, 11) is 0. The Morgan fingerprint density at radius 3 is 2.64 bits per heavy atom. The van der Waals surface area contributed by atoms with Crippen LogP contribution in [0.25, 0.3) is 5.95 Å². The van der Waals surface area contributed by atoms with Crippen LogP contribution >= 0.6 is 0 Å². The fraction of sp³-hybridized carbons (Fsp3) is 0. The van der Waals surface area contributed by atoms with Gasteiger partial charge in [-0.3, -0.25) is 0 Å². The first kappa shape index (κ1) is 8.12. The smallest absolute Gasteiger partial charge is 0.255 e. The second kappa shape index (κ2) is 3.10. The van der Waals surface area contributed by atoms with Gasteiger partial charge in [-0.25, -0.2) is 4.98 Å². The maximum atomic E-state index is 8.64. The standard InChI is InChI=1S/C7H5N7/c8-1-5-2-13-14(6(5)9)7-11-3-10-4-12-7/h2-4H,9H2. The molecular weight excluding hydrogens is 182 g/mol. The maximum Gasteiger partial charge on any atom is 0.255 e. The van der Waals surface area contributed by atoms with E-state index in [9.17, 15) is 0 Å². The molecule has 2 heterocycles. The zero-order valence-corrected chi connectivity index (χ0v) is 6.99. The molecule has 2 rings (SSSR count). The molecule has 2 aromatic heterocycles. The van der Waals surface area contributed by atoms with Crippen LogP contribution in [-0.2, 0) is 0 Å². The summed E-state index contributed by atoms with van der Waals surface area (Å²) in [6, 6.07) is 1.91. The van der Waals surface area contributed by atoms with Crippen molar-refractivity contribution in [1.82, 2.24) is 24.7 Å². The maximum absolute atomic E-state index is 8.64. The molecule has 2 N–H and O–H groups in total. The molecule has 0 aliphatic heterocycles. The highest BCUT2D eigenvalue weighted by atomic mass is 15.4.